The van der Waals surface area contributed by atoms with E-state index in [2.05, 4.69) is 5.32 Å². The van der Waals surface area contributed by atoms with Crippen molar-refractivity contribution in [3.8, 4) is 0 Å². The number of esters is 1. The molecule has 0 aromatic heterocycles. The minimum Gasteiger partial charge on any atom is -0.467 e. The first-order valence-electron chi connectivity index (χ1n) is 5.68. The summed E-state index contributed by atoms with van der Waals surface area (Å²) in [5.74, 6) is -0.745. The Labute approximate surface area is 100.0 Å². The van der Waals surface area contributed by atoms with Gasteiger partial charge in [0.15, 0.2) is 0 Å². The molecule has 0 aliphatic heterocycles. The van der Waals surface area contributed by atoms with Crippen LogP contribution in [0.4, 0.5) is 4.39 Å². The Morgan fingerprint density at radius 1 is 1.53 bits per heavy atom. The van der Waals surface area contributed by atoms with E-state index < -0.39 is 11.5 Å². The van der Waals surface area contributed by atoms with Crippen molar-refractivity contribution in [1.29, 1.82) is 0 Å². The first kappa shape index (κ1) is 12.0. The fourth-order valence-corrected chi connectivity index (χ4v) is 1.90. The number of halogens is 1. The molecule has 1 aliphatic carbocycles. The number of hydrogen-bond donors (Lipinski definition) is 1. The summed E-state index contributed by atoms with van der Waals surface area (Å²) in [6.45, 7) is 1.73. The zero-order valence-electron chi connectivity index (χ0n) is 10.00. The number of benzene rings is 1. The third-order valence-electron chi connectivity index (χ3n) is 3.07. The molecule has 1 aromatic carbocycles. The molecule has 1 fully saturated rings. The number of nitrogens with one attached hydrogen (secondary N) is 1. The van der Waals surface area contributed by atoms with Crippen molar-refractivity contribution < 1.29 is 13.9 Å². The zero-order chi connectivity index (χ0) is 12.5. The molecule has 17 heavy (non-hydrogen) atoms. The lowest BCUT2D eigenvalue weighted by atomic mass is 9.91. The first-order chi connectivity index (χ1) is 8.06. The molecule has 1 unspecified atom stereocenters. The van der Waals surface area contributed by atoms with Crippen molar-refractivity contribution in [2.24, 2.45) is 0 Å². The van der Waals surface area contributed by atoms with E-state index in [0.29, 0.717) is 11.6 Å². The Hall–Kier alpha value is -1.42. The fraction of sp³-hybridized carbons (Fsp3) is 0.462. The standard InChI is InChI=1S/C13H16FNO2/c1-13(12(16)17-2,15-11-6-7-11)9-4-3-5-10(14)8-9/h3-5,8,11,15H,6-7H2,1-2H3. The fourth-order valence-electron chi connectivity index (χ4n) is 1.90. The monoisotopic (exact) mass is 237 g/mol. The molecular formula is C13H16FNO2. The van der Waals surface area contributed by atoms with Crippen LogP contribution in [0.1, 0.15) is 25.3 Å². The Bertz CT molecular complexity index is 431. The molecule has 92 valence electrons. The number of carbonyl (C=O) groups is 1. The van der Waals surface area contributed by atoms with Crippen molar-refractivity contribution >= 4 is 5.97 Å². The topological polar surface area (TPSA) is 38.3 Å². The highest BCUT2D eigenvalue weighted by Crippen LogP contribution is 2.29. The molecule has 1 N–H and O–H groups in total. The number of ether oxygens (including phenoxy) is 1. The van der Waals surface area contributed by atoms with E-state index in [4.69, 9.17) is 4.74 Å². The summed E-state index contributed by atoms with van der Waals surface area (Å²) in [4.78, 5) is 11.9. The van der Waals surface area contributed by atoms with Gasteiger partial charge in [0, 0.05) is 6.04 Å². The molecular weight excluding hydrogens is 221 g/mol. The summed E-state index contributed by atoms with van der Waals surface area (Å²) >= 11 is 0. The first-order valence-corrected chi connectivity index (χ1v) is 5.68. The molecule has 4 heteroatoms. The normalized spacial score (nSPS) is 18.5. The minimum atomic E-state index is -0.974. The molecule has 3 nitrogen and oxygen atoms in total. The lowest BCUT2D eigenvalue weighted by Crippen LogP contribution is -2.48. The van der Waals surface area contributed by atoms with Gasteiger partial charge in [-0.25, -0.2) is 9.18 Å². The number of methoxy groups -OCH3 is 1. The van der Waals surface area contributed by atoms with Crippen LogP contribution in [0.5, 0.6) is 0 Å². The predicted octanol–water partition coefficient (Wildman–Crippen LogP) is 1.97. The molecule has 0 spiro atoms. The van der Waals surface area contributed by atoms with E-state index in [1.807, 2.05) is 0 Å². The van der Waals surface area contributed by atoms with Gasteiger partial charge < -0.3 is 4.74 Å². The third-order valence-corrected chi connectivity index (χ3v) is 3.07. The second-order valence-electron chi connectivity index (χ2n) is 4.55. The van der Waals surface area contributed by atoms with E-state index in [-0.39, 0.29) is 5.82 Å². The van der Waals surface area contributed by atoms with Crippen LogP contribution in [0.3, 0.4) is 0 Å². The number of hydrogen-bond acceptors (Lipinski definition) is 3. The van der Waals surface area contributed by atoms with Crippen molar-refractivity contribution in [2.45, 2.75) is 31.3 Å². The van der Waals surface area contributed by atoms with Crippen LogP contribution < -0.4 is 5.32 Å². The Morgan fingerprint density at radius 3 is 2.76 bits per heavy atom. The van der Waals surface area contributed by atoms with Crippen LogP contribution >= 0.6 is 0 Å². The molecule has 0 amide bonds. The van der Waals surface area contributed by atoms with Crippen LogP contribution in [-0.4, -0.2) is 19.1 Å². The maximum atomic E-state index is 13.2. The van der Waals surface area contributed by atoms with E-state index >= 15 is 0 Å². The van der Waals surface area contributed by atoms with Crippen molar-refractivity contribution in [1.82, 2.24) is 5.32 Å². The van der Waals surface area contributed by atoms with Gasteiger partial charge in [-0.05, 0) is 37.5 Å². The van der Waals surface area contributed by atoms with Gasteiger partial charge in [0.25, 0.3) is 0 Å². The third kappa shape index (κ3) is 2.47. The van der Waals surface area contributed by atoms with Crippen LogP contribution in [-0.2, 0) is 15.1 Å². The average molecular weight is 237 g/mol. The van der Waals surface area contributed by atoms with Gasteiger partial charge >= 0.3 is 5.97 Å². The van der Waals surface area contributed by atoms with Crippen LogP contribution in [0.2, 0.25) is 0 Å². The summed E-state index contributed by atoms with van der Waals surface area (Å²) in [5.41, 5.74) is -0.380. The molecule has 0 saturated heterocycles. The summed E-state index contributed by atoms with van der Waals surface area (Å²) < 4.78 is 18.1. The van der Waals surface area contributed by atoms with Crippen molar-refractivity contribution in [3.05, 3.63) is 35.6 Å². The molecule has 0 heterocycles. The zero-order valence-corrected chi connectivity index (χ0v) is 10.00. The molecule has 2 rings (SSSR count). The molecule has 1 aromatic rings. The number of carbonyl (C=O) groups excluding carboxylic acids is 1. The smallest absolute Gasteiger partial charge is 0.330 e. The van der Waals surface area contributed by atoms with Crippen molar-refractivity contribution in [3.63, 3.8) is 0 Å². The predicted molar refractivity (Wildman–Crippen MR) is 61.9 cm³/mol. The van der Waals surface area contributed by atoms with E-state index in [1.54, 1.807) is 19.1 Å². The molecule has 1 aliphatic rings. The second-order valence-corrected chi connectivity index (χ2v) is 4.55. The highest BCUT2D eigenvalue weighted by Gasteiger charge is 2.41. The van der Waals surface area contributed by atoms with Gasteiger partial charge in [-0.1, -0.05) is 12.1 Å². The van der Waals surface area contributed by atoms with Gasteiger partial charge in [-0.3, -0.25) is 5.32 Å². The summed E-state index contributed by atoms with van der Waals surface area (Å²) in [5, 5.41) is 3.22. The quantitative estimate of drug-likeness (QED) is 0.814. The van der Waals surface area contributed by atoms with Crippen molar-refractivity contribution in [2.75, 3.05) is 7.11 Å². The van der Waals surface area contributed by atoms with Crippen LogP contribution in [0.25, 0.3) is 0 Å². The maximum Gasteiger partial charge on any atom is 0.330 e. The SMILES string of the molecule is COC(=O)C(C)(NC1CC1)c1cccc(F)c1. The Balaban J connectivity index is 2.34. The molecule has 0 bridgehead atoms. The lowest BCUT2D eigenvalue weighted by molar-refractivity contribution is -0.148. The minimum absolute atomic E-state index is 0.322. The number of rotatable bonds is 4. The highest BCUT2D eigenvalue weighted by atomic mass is 19.1. The van der Waals surface area contributed by atoms with Gasteiger partial charge in [-0.2, -0.15) is 0 Å². The molecule has 1 saturated carbocycles. The van der Waals surface area contributed by atoms with E-state index in [9.17, 15) is 9.18 Å². The molecule has 0 radical (unpaired) electrons. The Kier molecular flexibility index (Phi) is 3.15. The average Bonchev–Trinajstić information content (AvgIpc) is 3.11. The Morgan fingerprint density at radius 2 is 2.24 bits per heavy atom. The van der Waals surface area contributed by atoms with E-state index in [1.165, 1.54) is 19.2 Å². The highest BCUT2D eigenvalue weighted by molar-refractivity contribution is 5.82. The summed E-state index contributed by atoms with van der Waals surface area (Å²) in [6, 6.07) is 6.38. The van der Waals surface area contributed by atoms with Gasteiger partial charge in [0.05, 0.1) is 7.11 Å². The van der Waals surface area contributed by atoms with Crippen LogP contribution in [0.15, 0.2) is 24.3 Å². The van der Waals surface area contributed by atoms with Crippen LogP contribution in [0, 0.1) is 5.82 Å². The van der Waals surface area contributed by atoms with Gasteiger partial charge in [0.1, 0.15) is 11.4 Å². The molecule has 1 atom stereocenters. The van der Waals surface area contributed by atoms with E-state index in [0.717, 1.165) is 12.8 Å². The maximum absolute atomic E-state index is 13.2. The summed E-state index contributed by atoms with van der Waals surface area (Å²) in [6.07, 6.45) is 2.09. The summed E-state index contributed by atoms with van der Waals surface area (Å²) in [7, 11) is 1.34. The van der Waals surface area contributed by atoms with Gasteiger partial charge in [0.2, 0.25) is 0 Å². The van der Waals surface area contributed by atoms with Gasteiger partial charge in [-0.15, -0.1) is 0 Å². The second kappa shape index (κ2) is 4.45. The lowest BCUT2D eigenvalue weighted by Gasteiger charge is -2.28. The largest absolute Gasteiger partial charge is 0.467 e.